The highest BCUT2D eigenvalue weighted by Crippen LogP contribution is 2.40. The van der Waals surface area contributed by atoms with Crippen molar-refractivity contribution in [3.05, 3.63) is 29.3 Å². The van der Waals surface area contributed by atoms with Gasteiger partial charge in [0.2, 0.25) is 0 Å². The minimum atomic E-state index is -0.569. The molecular formula is C15H23NO2. The maximum Gasteiger partial charge on any atom is 0.131 e. The molecule has 2 N–H and O–H groups in total. The fourth-order valence-electron chi connectivity index (χ4n) is 2.49. The minimum Gasteiger partial charge on any atom is -0.485 e. The maximum atomic E-state index is 10.4. The Hall–Kier alpha value is -1.06. The molecule has 3 heteroatoms. The van der Waals surface area contributed by atoms with Crippen LogP contribution in [0.4, 0.5) is 0 Å². The number of aliphatic hydroxyl groups excluding tert-OH is 1. The molecule has 0 aromatic heterocycles. The molecule has 1 aliphatic heterocycles. The van der Waals surface area contributed by atoms with Gasteiger partial charge in [-0.1, -0.05) is 26.0 Å². The van der Waals surface area contributed by atoms with E-state index in [9.17, 15) is 5.11 Å². The number of hydrogen-bond donors (Lipinski definition) is 2. The second kappa shape index (κ2) is 4.56. The predicted molar refractivity (Wildman–Crippen MR) is 73.0 cm³/mol. The summed E-state index contributed by atoms with van der Waals surface area (Å²) in [5.74, 6) is 1.34. The molecule has 0 saturated carbocycles. The third-order valence-electron chi connectivity index (χ3n) is 3.75. The first-order chi connectivity index (χ1) is 8.36. The number of ether oxygens (including phenoxy) is 1. The Kier molecular flexibility index (Phi) is 3.39. The molecule has 1 aromatic carbocycles. The number of rotatable bonds is 2. The molecule has 0 aliphatic carbocycles. The van der Waals surface area contributed by atoms with Gasteiger partial charge in [-0.2, -0.15) is 0 Å². The van der Waals surface area contributed by atoms with Crippen molar-refractivity contribution in [2.24, 2.45) is 0 Å². The van der Waals surface area contributed by atoms with E-state index in [2.05, 4.69) is 31.3 Å². The van der Waals surface area contributed by atoms with Crippen molar-refractivity contribution >= 4 is 0 Å². The standard InChI is InChI=1S/C15H23NO2/c1-9(2)10-6-7-12-11(8-10)13(16-5)14(17)15(3,4)18-12/h6-9,13-14,16-17H,1-5H3. The zero-order valence-corrected chi connectivity index (χ0v) is 11.8. The van der Waals surface area contributed by atoms with Gasteiger partial charge in [0, 0.05) is 5.56 Å². The fourth-order valence-corrected chi connectivity index (χ4v) is 2.49. The van der Waals surface area contributed by atoms with Crippen LogP contribution in [0.2, 0.25) is 0 Å². The molecule has 2 unspecified atom stereocenters. The molecule has 1 aromatic rings. The summed E-state index contributed by atoms with van der Waals surface area (Å²) >= 11 is 0. The van der Waals surface area contributed by atoms with Crippen LogP contribution in [-0.2, 0) is 0 Å². The van der Waals surface area contributed by atoms with Crippen LogP contribution in [0.1, 0.15) is 50.8 Å². The average molecular weight is 249 g/mol. The molecular weight excluding hydrogens is 226 g/mol. The van der Waals surface area contributed by atoms with Crippen LogP contribution in [0.15, 0.2) is 18.2 Å². The van der Waals surface area contributed by atoms with Crippen LogP contribution in [-0.4, -0.2) is 23.9 Å². The van der Waals surface area contributed by atoms with Gasteiger partial charge in [-0.05, 0) is 38.4 Å². The first-order valence-corrected chi connectivity index (χ1v) is 6.55. The Labute approximate surface area is 109 Å². The predicted octanol–water partition coefficient (Wildman–Crippen LogP) is 2.60. The van der Waals surface area contributed by atoms with E-state index in [0.29, 0.717) is 5.92 Å². The second-order valence-electron chi connectivity index (χ2n) is 5.87. The first-order valence-electron chi connectivity index (χ1n) is 6.55. The highest BCUT2D eigenvalue weighted by Gasteiger charge is 2.42. The number of likely N-dealkylation sites (N-methyl/N-ethyl adjacent to an activating group) is 1. The summed E-state index contributed by atoms with van der Waals surface area (Å²) in [5, 5.41) is 13.6. The zero-order valence-electron chi connectivity index (χ0n) is 11.8. The average Bonchev–Trinajstić information content (AvgIpc) is 2.30. The van der Waals surface area contributed by atoms with Crippen molar-refractivity contribution in [3.8, 4) is 5.75 Å². The molecule has 0 saturated heterocycles. The van der Waals surface area contributed by atoms with Crippen molar-refractivity contribution in [1.29, 1.82) is 0 Å². The molecule has 18 heavy (non-hydrogen) atoms. The van der Waals surface area contributed by atoms with Gasteiger partial charge in [-0.3, -0.25) is 0 Å². The van der Waals surface area contributed by atoms with Crippen LogP contribution in [0, 0.1) is 0 Å². The lowest BCUT2D eigenvalue weighted by Crippen LogP contribution is -2.52. The third kappa shape index (κ3) is 2.13. The number of aliphatic hydroxyl groups is 1. The Morgan fingerprint density at radius 1 is 1.33 bits per heavy atom. The minimum absolute atomic E-state index is 0.0811. The van der Waals surface area contributed by atoms with Crippen LogP contribution in [0.25, 0.3) is 0 Å². The molecule has 0 bridgehead atoms. The topological polar surface area (TPSA) is 41.5 Å². The van der Waals surface area contributed by atoms with Crippen molar-refractivity contribution in [3.63, 3.8) is 0 Å². The molecule has 1 heterocycles. The SMILES string of the molecule is CNC1c2cc(C(C)C)ccc2OC(C)(C)C1O. The second-order valence-corrected chi connectivity index (χ2v) is 5.87. The van der Waals surface area contributed by atoms with Gasteiger partial charge in [0.05, 0.1) is 6.04 Å². The largest absolute Gasteiger partial charge is 0.485 e. The van der Waals surface area contributed by atoms with Gasteiger partial charge >= 0.3 is 0 Å². The summed E-state index contributed by atoms with van der Waals surface area (Å²) in [6.45, 7) is 8.17. The van der Waals surface area contributed by atoms with Gasteiger partial charge in [0.15, 0.2) is 0 Å². The van der Waals surface area contributed by atoms with Crippen molar-refractivity contribution in [1.82, 2.24) is 5.32 Å². The normalized spacial score (nSPS) is 25.7. The van der Waals surface area contributed by atoms with Gasteiger partial charge in [0.25, 0.3) is 0 Å². The fraction of sp³-hybridized carbons (Fsp3) is 0.600. The summed E-state index contributed by atoms with van der Waals surface area (Å²) in [6.07, 6.45) is -0.558. The van der Waals surface area contributed by atoms with Gasteiger partial charge in [0.1, 0.15) is 17.5 Å². The monoisotopic (exact) mass is 249 g/mol. The lowest BCUT2D eigenvalue weighted by atomic mass is 9.85. The highest BCUT2D eigenvalue weighted by molar-refractivity contribution is 5.43. The Morgan fingerprint density at radius 2 is 2.00 bits per heavy atom. The van der Waals surface area contributed by atoms with E-state index in [-0.39, 0.29) is 6.04 Å². The van der Waals surface area contributed by atoms with Gasteiger partial charge < -0.3 is 15.2 Å². The summed E-state index contributed by atoms with van der Waals surface area (Å²) in [5.41, 5.74) is 1.75. The molecule has 1 aliphatic rings. The zero-order chi connectivity index (χ0) is 13.5. The molecule has 0 fully saturated rings. The Balaban J connectivity index is 2.49. The van der Waals surface area contributed by atoms with Crippen molar-refractivity contribution < 1.29 is 9.84 Å². The molecule has 100 valence electrons. The van der Waals surface area contributed by atoms with E-state index in [1.54, 1.807) is 0 Å². The van der Waals surface area contributed by atoms with Crippen LogP contribution in [0.5, 0.6) is 5.75 Å². The van der Waals surface area contributed by atoms with E-state index < -0.39 is 11.7 Å². The highest BCUT2D eigenvalue weighted by atomic mass is 16.5. The van der Waals surface area contributed by atoms with Crippen LogP contribution in [0.3, 0.4) is 0 Å². The van der Waals surface area contributed by atoms with E-state index >= 15 is 0 Å². The summed E-state index contributed by atoms with van der Waals surface area (Å²) in [7, 11) is 1.88. The summed E-state index contributed by atoms with van der Waals surface area (Å²) < 4.78 is 5.91. The maximum absolute atomic E-state index is 10.4. The summed E-state index contributed by atoms with van der Waals surface area (Å²) in [6, 6.07) is 6.18. The lowest BCUT2D eigenvalue weighted by Gasteiger charge is -2.42. The van der Waals surface area contributed by atoms with Crippen molar-refractivity contribution in [2.45, 2.75) is 51.4 Å². The number of fused-ring (bicyclic) bond motifs is 1. The number of nitrogens with one attached hydrogen (secondary N) is 1. The Morgan fingerprint density at radius 3 is 2.56 bits per heavy atom. The van der Waals surface area contributed by atoms with Gasteiger partial charge in [-0.25, -0.2) is 0 Å². The third-order valence-corrected chi connectivity index (χ3v) is 3.75. The molecule has 0 radical (unpaired) electrons. The van der Waals surface area contributed by atoms with Crippen molar-refractivity contribution in [2.75, 3.05) is 7.05 Å². The van der Waals surface area contributed by atoms with E-state index in [4.69, 9.17) is 4.74 Å². The molecule has 2 atom stereocenters. The molecule has 3 nitrogen and oxygen atoms in total. The van der Waals surface area contributed by atoms with Crippen LogP contribution >= 0.6 is 0 Å². The first kappa shape index (κ1) is 13.4. The molecule has 2 rings (SSSR count). The molecule has 0 spiro atoms. The van der Waals surface area contributed by atoms with E-state index in [1.165, 1.54) is 5.56 Å². The van der Waals surface area contributed by atoms with E-state index in [0.717, 1.165) is 11.3 Å². The Bertz CT molecular complexity index is 440. The summed E-state index contributed by atoms with van der Waals surface area (Å²) in [4.78, 5) is 0. The number of benzene rings is 1. The number of hydrogen-bond acceptors (Lipinski definition) is 3. The van der Waals surface area contributed by atoms with E-state index in [1.807, 2.05) is 27.0 Å². The lowest BCUT2D eigenvalue weighted by molar-refractivity contribution is -0.0632. The quantitative estimate of drug-likeness (QED) is 0.846. The van der Waals surface area contributed by atoms with Crippen LogP contribution < -0.4 is 10.1 Å². The smallest absolute Gasteiger partial charge is 0.131 e. The van der Waals surface area contributed by atoms with Gasteiger partial charge in [-0.15, -0.1) is 0 Å². The molecule has 0 amide bonds.